The molecule has 0 radical (unpaired) electrons. The normalized spacial score (nSPS) is 29.5. The van der Waals surface area contributed by atoms with Gasteiger partial charge in [0.05, 0.1) is 12.9 Å². The van der Waals surface area contributed by atoms with Crippen LogP contribution in [0.3, 0.4) is 0 Å². The van der Waals surface area contributed by atoms with Gasteiger partial charge in [0.2, 0.25) is 0 Å². The van der Waals surface area contributed by atoms with Crippen molar-refractivity contribution in [2.24, 2.45) is 0 Å². The van der Waals surface area contributed by atoms with Crippen molar-refractivity contribution in [2.75, 3.05) is 11.9 Å². The summed E-state index contributed by atoms with van der Waals surface area (Å²) < 4.78 is 20.9. The van der Waals surface area contributed by atoms with Crippen molar-refractivity contribution in [3.63, 3.8) is 0 Å². The van der Waals surface area contributed by atoms with Crippen molar-refractivity contribution in [3.05, 3.63) is 43.0 Å². The molecule has 31 heavy (non-hydrogen) atoms. The van der Waals surface area contributed by atoms with Crippen LogP contribution in [0.1, 0.15) is 38.3 Å². The van der Waals surface area contributed by atoms with E-state index in [1.54, 1.807) is 6.33 Å². The molecule has 0 amide bonds. The molecule has 2 aliphatic heterocycles. The van der Waals surface area contributed by atoms with E-state index in [2.05, 4.69) is 20.3 Å². The van der Waals surface area contributed by atoms with Crippen molar-refractivity contribution in [2.45, 2.75) is 62.4 Å². The third-order valence-corrected chi connectivity index (χ3v) is 6.45. The molecular weight excluding hydrogens is 398 g/mol. The van der Waals surface area contributed by atoms with E-state index in [9.17, 15) is 5.11 Å². The number of aromatic nitrogens is 4. The lowest BCUT2D eigenvalue weighted by atomic mass is 9.94. The Balaban J connectivity index is 1.34. The maximum absolute atomic E-state index is 9.92. The average molecular weight is 423 g/mol. The van der Waals surface area contributed by atoms with Crippen molar-refractivity contribution < 1.29 is 19.3 Å². The van der Waals surface area contributed by atoms with Gasteiger partial charge in [0, 0.05) is 18.5 Å². The quantitative estimate of drug-likeness (QED) is 0.660. The standard InChI is InChI=1S/C22H25N5O4/c28-11-15-17-18(31-22(30-17)9-5-2-6-10-22)21(29-15)27-13-25-16-19(23-12-24-20(16)27)26-14-7-3-1-4-8-14/h1,3-4,7-8,12-13,15,17-18,21,28H,2,5-6,9-11H2,(H,23,24,26)/t15-,17?,18+,21-/m1/s1. The van der Waals surface area contributed by atoms with E-state index in [0.717, 1.165) is 31.4 Å². The molecule has 1 aliphatic carbocycles. The molecule has 4 atom stereocenters. The van der Waals surface area contributed by atoms with Crippen molar-refractivity contribution in [3.8, 4) is 0 Å². The second kappa shape index (κ2) is 7.52. The van der Waals surface area contributed by atoms with Gasteiger partial charge in [-0.2, -0.15) is 0 Å². The molecule has 3 aromatic rings. The topological polar surface area (TPSA) is 104 Å². The van der Waals surface area contributed by atoms with Gasteiger partial charge >= 0.3 is 0 Å². The number of nitrogens with zero attached hydrogens (tertiary/aromatic N) is 4. The maximum Gasteiger partial charge on any atom is 0.169 e. The minimum atomic E-state index is -0.561. The summed E-state index contributed by atoms with van der Waals surface area (Å²) in [5, 5.41) is 13.2. The van der Waals surface area contributed by atoms with Crippen LogP contribution >= 0.6 is 0 Å². The zero-order chi connectivity index (χ0) is 20.8. The number of rotatable bonds is 4. The Bertz CT molecular complexity index is 1070. The number of aliphatic hydroxyl groups excluding tert-OH is 1. The Kier molecular flexibility index (Phi) is 4.64. The van der Waals surface area contributed by atoms with Gasteiger partial charge in [-0.05, 0) is 25.0 Å². The highest BCUT2D eigenvalue weighted by molar-refractivity contribution is 5.85. The van der Waals surface area contributed by atoms with E-state index in [0.29, 0.717) is 17.0 Å². The highest BCUT2D eigenvalue weighted by atomic mass is 16.8. The van der Waals surface area contributed by atoms with Crippen LogP contribution in [0, 0.1) is 0 Å². The number of benzene rings is 1. The van der Waals surface area contributed by atoms with Gasteiger partial charge in [-0.1, -0.05) is 24.6 Å². The zero-order valence-electron chi connectivity index (χ0n) is 17.1. The van der Waals surface area contributed by atoms with E-state index >= 15 is 0 Å². The fourth-order valence-corrected chi connectivity index (χ4v) is 4.98. The number of fused-ring (bicyclic) bond motifs is 2. The summed E-state index contributed by atoms with van der Waals surface area (Å²) in [6.45, 7) is -0.125. The molecular formula is C22H25N5O4. The summed E-state index contributed by atoms with van der Waals surface area (Å²) in [6.07, 6.45) is 6.78. The third-order valence-electron chi connectivity index (χ3n) is 6.45. The zero-order valence-corrected chi connectivity index (χ0v) is 17.1. The van der Waals surface area contributed by atoms with Gasteiger partial charge in [-0.15, -0.1) is 0 Å². The van der Waals surface area contributed by atoms with E-state index in [1.807, 2.05) is 34.9 Å². The number of nitrogens with one attached hydrogen (secondary N) is 1. The predicted octanol–water partition coefficient (Wildman–Crippen LogP) is 2.90. The number of aliphatic hydroxyl groups is 1. The fourth-order valence-electron chi connectivity index (χ4n) is 4.98. The van der Waals surface area contributed by atoms with Gasteiger partial charge in [0.1, 0.15) is 24.6 Å². The Morgan fingerprint density at radius 2 is 1.84 bits per heavy atom. The average Bonchev–Trinajstić information content (AvgIpc) is 3.47. The number of ether oxygens (including phenoxy) is 3. The van der Waals surface area contributed by atoms with E-state index in [4.69, 9.17) is 14.2 Å². The summed E-state index contributed by atoms with van der Waals surface area (Å²) in [5.41, 5.74) is 2.20. The largest absolute Gasteiger partial charge is 0.394 e. The molecule has 6 rings (SSSR count). The Morgan fingerprint density at radius 1 is 1.03 bits per heavy atom. The second-order valence-corrected chi connectivity index (χ2v) is 8.42. The van der Waals surface area contributed by atoms with Crippen molar-refractivity contribution in [1.29, 1.82) is 0 Å². The molecule has 1 unspecified atom stereocenters. The molecule has 3 aliphatic rings. The van der Waals surface area contributed by atoms with Crippen LogP contribution < -0.4 is 5.32 Å². The van der Waals surface area contributed by atoms with Crippen LogP contribution in [0.15, 0.2) is 43.0 Å². The number of imidazole rings is 1. The first-order valence-electron chi connectivity index (χ1n) is 10.9. The molecule has 1 aromatic carbocycles. The van der Waals surface area contributed by atoms with Crippen LogP contribution in [0.5, 0.6) is 0 Å². The van der Waals surface area contributed by atoms with Crippen molar-refractivity contribution in [1.82, 2.24) is 19.5 Å². The second-order valence-electron chi connectivity index (χ2n) is 8.42. The van der Waals surface area contributed by atoms with Gasteiger partial charge in [0.15, 0.2) is 29.0 Å². The maximum atomic E-state index is 9.92. The summed E-state index contributed by atoms with van der Waals surface area (Å²) in [5.74, 6) is 0.0598. The molecule has 162 valence electrons. The highest BCUT2D eigenvalue weighted by Crippen LogP contribution is 2.48. The molecule has 2 saturated heterocycles. The monoisotopic (exact) mass is 423 g/mol. The molecule has 1 saturated carbocycles. The third kappa shape index (κ3) is 3.20. The molecule has 2 N–H and O–H groups in total. The first kappa shape index (κ1) is 19.1. The van der Waals surface area contributed by atoms with Crippen LogP contribution in [-0.4, -0.2) is 55.3 Å². The van der Waals surface area contributed by atoms with Gasteiger partial charge in [-0.25, -0.2) is 15.0 Å². The smallest absolute Gasteiger partial charge is 0.169 e. The minimum absolute atomic E-state index is 0.125. The van der Waals surface area contributed by atoms with E-state index in [1.165, 1.54) is 12.7 Å². The number of para-hydroxylation sites is 1. The van der Waals surface area contributed by atoms with E-state index in [-0.39, 0.29) is 18.8 Å². The fraction of sp³-hybridized carbons (Fsp3) is 0.500. The molecule has 9 nitrogen and oxygen atoms in total. The number of anilines is 2. The molecule has 9 heteroatoms. The number of hydrogen-bond acceptors (Lipinski definition) is 8. The molecule has 3 fully saturated rings. The van der Waals surface area contributed by atoms with Gasteiger partial charge in [-0.3, -0.25) is 4.57 Å². The molecule has 1 spiro atoms. The number of hydrogen-bond donors (Lipinski definition) is 2. The summed E-state index contributed by atoms with van der Waals surface area (Å²) in [7, 11) is 0. The molecule has 2 aromatic heterocycles. The lowest BCUT2D eigenvalue weighted by Crippen LogP contribution is -2.37. The minimum Gasteiger partial charge on any atom is -0.394 e. The predicted molar refractivity (Wildman–Crippen MR) is 112 cm³/mol. The van der Waals surface area contributed by atoms with E-state index < -0.39 is 18.1 Å². The highest BCUT2D eigenvalue weighted by Gasteiger charge is 2.58. The van der Waals surface area contributed by atoms with Gasteiger partial charge in [0.25, 0.3) is 0 Å². The summed E-state index contributed by atoms with van der Waals surface area (Å²) in [6, 6.07) is 9.81. The van der Waals surface area contributed by atoms with Crippen molar-refractivity contribution >= 4 is 22.7 Å². The first-order valence-corrected chi connectivity index (χ1v) is 10.9. The SMILES string of the molecule is OC[C@H]1O[C@@H](n2cnc3c(Nc4ccccc4)ncnc32)[C@H]2OC3(CCCCC3)OC12. The van der Waals surface area contributed by atoms with Gasteiger partial charge < -0.3 is 24.6 Å². The van der Waals surface area contributed by atoms with Crippen LogP contribution in [0.2, 0.25) is 0 Å². The Hall–Kier alpha value is -2.59. The first-order chi connectivity index (χ1) is 15.3. The summed E-state index contributed by atoms with van der Waals surface area (Å²) >= 11 is 0. The van der Waals surface area contributed by atoms with Crippen LogP contribution in [0.25, 0.3) is 11.2 Å². The van der Waals surface area contributed by atoms with Crippen LogP contribution in [-0.2, 0) is 14.2 Å². The molecule has 0 bridgehead atoms. The Labute approximate surface area is 179 Å². The lowest BCUT2D eigenvalue weighted by Gasteiger charge is -2.34. The Morgan fingerprint density at radius 3 is 2.65 bits per heavy atom. The summed E-state index contributed by atoms with van der Waals surface area (Å²) in [4.78, 5) is 13.4. The lowest BCUT2D eigenvalue weighted by molar-refractivity contribution is -0.232. The molecule has 4 heterocycles. The van der Waals surface area contributed by atoms with Crippen LogP contribution in [0.4, 0.5) is 11.5 Å².